The molecule has 4 N–H and O–H groups in total. The number of rotatable bonds is 5. The summed E-state index contributed by atoms with van der Waals surface area (Å²) in [5.41, 5.74) is 4.64. The van der Waals surface area contributed by atoms with E-state index in [0.29, 0.717) is 16.9 Å². The second kappa shape index (κ2) is 7.73. The Morgan fingerprint density at radius 3 is 2.60 bits per heavy atom. The van der Waals surface area contributed by atoms with Crippen molar-refractivity contribution in [2.45, 2.75) is 24.3 Å². The van der Waals surface area contributed by atoms with E-state index in [1.54, 1.807) is 18.2 Å². The van der Waals surface area contributed by atoms with E-state index in [-0.39, 0.29) is 41.3 Å². The number of nitrogens with two attached hydrogens (primary N) is 1. The number of halogens is 3. The lowest BCUT2D eigenvalue weighted by Crippen LogP contribution is -2.52. The van der Waals surface area contributed by atoms with E-state index in [2.05, 4.69) is 10.6 Å². The Morgan fingerprint density at radius 2 is 1.94 bits per heavy atom. The molecule has 4 amide bonds. The minimum absolute atomic E-state index is 0.0325. The Kier molecular flexibility index (Phi) is 5.02. The molecular weight excluding hydrogens is 469 g/mol. The Labute approximate surface area is 196 Å². The summed E-state index contributed by atoms with van der Waals surface area (Å²) in [5, 5.41) is 4.94. The van der Waals surface area contributed by atoms with Crippen molar-refractivity contribution in [2.24, 2.45) is 5.73 Å². The Morgan fingerprint density at radius 1 is 1.17 bits per heavy atom. The highest BCUT2D eigenvalue weighted by Crippen LogP contribution is 2.37. The first-order chi connectivity index (χ1) is 16.5. The lowest BCUT2D eigenvalue weighted by atomic mass is 9.95. The van der Waals surface area contributed by atoms with E-state index in [1.165, 1.54) is 36.3 Å². The highest BCUT2D eigenvalue weighted by atomic mass is 19.4. The molecule has 12 heteroatoms. The zero-order chi connectivity index (χ0) is 25.1. The number of ether oxygens (including phenoxy) is 1. The second-order valence-corrected chi connectivity index (χ2v) is 8.43. The predicted octanol–water partition coefficient (Wildman–Crippen LogP) is 2.69. The molecule has 3 aromatic rings. The van der Waals surface area contributed by atoms with E-state index >= 15 is 0 Å². The number of hydrogen-bond acceptors (Lipinski definition) is 6. The minimum atomic E-state index is -4.64. The summed E-state index contributed by atoms with van der Waals surface area (Å²) >= 11 is 0. The largest absolute Gasteiger partial charge is 0.497 e. The third kappa shape index (κ3) is 3.66. The standard InChI is InChI=1S/C23H19F3N4O5/c1-34-14-4-2-12-9-30(19(31)15(12)8-14)10-22(20(32)28-21(33)29-22)17-7-13-6-11(3-5-16(13)35-17)18(27)23(24,25)26/h2-8,18H,9-10,27H2,1H3,(H2,28,29,32,33). The van der Waals surface area contributed by atoms with Gasteiger partial charge in [0.15, 0.2) is 5.54 Å². The minimum Gasteiger partial charge on any atom is -0.497 e. The number of urea groups is 1. The summed E-state index contributed by atoms with van der Waals surface area (Å²) in [6.45, 7) is -0.0942. The number of alkyl halides is 3. The lowest BCUT2D eigenvalue weighted by molar-refractivity contribution is -0.149. The zero-order valence-corrected chi connectivity index (χ0v) is 18.2. The number of fused-ring (bicyclic) bond motifs is 2. The van der Waals surface area contributed by atoms with Gasteiger partial charge in [0.25, 0.3) is 11.8 Å². The van der Waals surface area contributed by atoms with Gasteiger partial charge < -0.3 is 25.1 Å². The number of benzene rings is 2. The molecule has 2 aliphatic rings. The van der Waals surface area contributed by atoms with Crippen LogP contribution in [0.5, 0.6) is 5.75 Å². The smallest absolute Gasteiger partial charge is 0.407 e. The Bertz CT molecular complexity index is 1390. The number of hydrogen-bond donors (Lipinski definition) is 3. The van der Waals surface area contributed by atoms with Gasteiger partial charge in [0.05, 0.1) is 13.7 Å². The fourth-order valence-corrected chi connectivity index (χ4v) is 4.39. The molecule has 0 spiro atoms. The molecule has 0 bridgehead atoms. The molecule has 0 saturated carbocycles. The van der Waals surface area contributed by atoms with Crippen molar-refractivity contribution < 1.29 is 36.7 Å². The average molecular weight is 488 g/mol. The first-order valence-electron chi connectivity index (χ1n) is 10.5. The van der Waals surface area contributed by atoms with Crippen LogP contribution in [-0.2, 0) is 16.9 Å². The van der Waals surface area contributed by atoms with Crippen LogP contribution in [0, 0.1) is 0 Å². The quantitative estimate of drug-likeness (QED) is 0.474. The van der Waals surface area contributed by atoms with E-state index in [9.17, 15) is 27.6 Å². The lowest BCUT2D eigenvalue weighted by Gasteiger charge is -2.29. The number of nitrogens with one attached hydrogen (secondary N) is 2. The molecule has 2 aliphatic heterocycles. The van der Waals surface area contributed by atoms with Crippen molar-refractivity contribution in [3.05, 3.63) is 64.9 Å². The fraction of sp³-hybridized carbons (Fsp3) is 0.261. The van der Waals surface area contributed by atoms with Crippen LogP contribution in [0.4, 0.5) is 18.0 Å². The monoisotopic (exact) mass is 488 g/mol. The summed E-state index contributed by atoms with van der Waals surface area (Å²) in [6, 6.07) is 7.11. The highest BCUT2D eigenvalue weighted by Gasteiger charge is 2.53. The summed E-state index contributed by atoms with van der Waals surface area (Å²) in [4.78, 5) is 39.6. The van der Waals surface area contributed by atoms with E-state index in [0.717, 1.165) is 0 Å². The maximum absolute atomic E-state index is 13.1. The molecule has 1 aromatic heterocycles. The van der Waals surface area contributed by atoms with Crippen LogP contribution in [0.3, 0.4) is 0 Å². The maximum Gasteiger partial charge on any atom is 0.407 e. The topological polar surface area (TPSA) is 127 Å². The van der Waals surface area contributed by atoms with Crippen LogP contribution < -0.4 is 21.1 Å². The summed E-state index contributed by atoms with van der Waals surface area (Å²) in [7, 11) is 1.47. The van der Waals surface area contributed by atoms with Gasteiger partial charge in [0, 0.05) is 17.5 Å². The van der Waals surface area contributed by atoms with Crippen molar-refractivity contribution in [1.82, 2.24) is 15.5 Å². The van der Waals surface area contributed by atoms with Gasteiger partial charge in [-0.05, 0) is 41.5 Å². The molecule has 1 saturated heterocycles. The summed E-state index contributed by atoms with van der Waals surface area (Å²) < 4.78 is 50.2. The van der Waals surface area contributed by atoms with Crippen molar-refractivity contribution in [1.29, 1.82) is 0 Å². The molecule has 2 aromatic carbocycles. The van der Waals surface area contributed by atoms with Crippen LogP contribution in [0.15, 0.2) is 46.9 Å². The van der Waals surface area contributed by atoms with Crippen LogP contribution >= 0.6 is 0 Å². The molecule has 3 heterocycles. The van der Waals surface area contributed by atoms with Gasteiger partial charge in [-0.1, -0.05) is 12.1 Å². The van der Waals surface area contributed by atoms with Gasteiger partial charge in [-0.3, -0.25) is 14.9 Å². The average Bonchev–Trinajstić information content (AvgIpc) is 3.46. The Balaban J connectivity index is 1.52. The number of imide groups is 1. The molecular formula is C23H19F3N4O5. The van der Waals surface area contributed by atoms with Gasteiger partial charge in [0.2, 0.25) is 0 Å². The molecule has 0 aliphatic carbocycles. The predicted molar refractivity (Wildman–Crippen MR) is 115 cm³/mol. The van der Waals surface area contributed by atoms with E-state index in [1.807, 2.05) is 0 Å². The number of nitrogens with zero attached hydrogens (tertiary/aromatic N) is 1. The summed E-state index contributed by atoms with van der Waals surface area (Å²) in [5.74, 6) is -0.669. The molecule has 2 unspecified atom stereocenters. The van der Waals surface area contributed by atoms with Crippen LogP contribution in [0.1, 0.15) is 33.3 Å². The molecule has 9 nitrogen and oxygen atoms in total. The Hall–Kier alpha value is -4.06. The zero-order valence-electron chi connectivity index (χ0n) is 18.2. The van der Waals surface area contributed by atoms with Crippen LogP contribution in [0.25, 0.3) is 11.0 Å². The maximum atomic E-state index is 13.1. The SMILES string of the molecule is COc1ccc2c(c1)C(=O)N(CC1(c3cc4cc(C(N)C(F)(F)F)ccc4o3)NC(=O)NC1=O)C2. The number of furan rings is 1. The molecule has 0 radical (unpaired) electrons. The fourth-order valence-electron chi connectivity index (χ4n) is 4.39. The number of carbonyl (C=O) groups excluding carboxylic acids is 3. The van der Waals surface area contributed by atoms with Gasteiger partial charge >= 0.3 is 12.2 Å². The van der Waals surface area contributed by atoms with E-state index < -0.39 is 29.7 Å². The van der Waals surface area contributed by atoms with Crippen molar-refractivity contribution in [2.75, 3.05) is 13.7 Å². The molecule has 2 atom stereocenters. The third-order valence-corrected chi connectivity index (χ3v) is 6.24. The van der Waals surface area contributed by atoms with Crippen LogP contribution in [-0.4, -0.2) is 42.6 Å². The number of amides is 4. The third-order valence-electron chi connectivity index (χ3n) is 6.24. The van der Waals surface area contributed by atoms with Gasteiger partial charge in [-0.2, -0.15) is 13.2 Å². The van der Waals surface area contributed by atoms with Crippen LogP contribution in [0.2, 0.25) is 0 Å². The highest BCUT2D eigenvalue weighted by molar-refractivity contribution is 6.08. The molecule has 182 valence electrons. The molecule has 35 heavy (non-hydrogen) atoms. The van der Waals surface area contributed by atoms with Crippen molar-refractivity contribution in [3.63, 3.8) is 0 Å². The molecule has 5 rings (SSSR count). The van der Waals surface area contributed by atoms with Gasteiger partial charge in [-0.15, -0.1) is 0 Å². The number of carbonyl (C=O) groups is 3. The van der Waals surface area contributed by atoms with Gasteiger partial charge in [0.1, 0.15) is 23.1 Å². The normalized spacial score (nSPS) is 20.7. The first kappa shape index (κ1) is 22.7. The van der Waals surface area contributed by atoms with Crippen molar-refractivity contribution >= 4 is 28.8 Å². The van der Waals surface area contributed by atoms with Gasteiger partial charge in [-0.25, -0.2) is 4.79 Å². The van der Waals surface area contributed by atoms with Crippen molar-refractivity contribution in [3.8, 4) is 5.75 Å². The first-order valence-corrected chi connectivity index (χ1v) is 10.5. The van der Waals surface area contributed by atoms with E-state index in [4.69, 9.17) is 14.9 Å². The number of methoxy groups -OCH3 is 1. The summed E-state index contributed by atoms with van der Waals surface area (Å²) in [6.07, 6.45) is -4.64. The molecule has 1 fully saturated rings. The second-order valence-electron chi connectivity index (χ2n) is 8.43.